The summed E-state index contributed by atoms with van der Waals surface area (Å²) in [6, 6.07) is 5.95. The largest absolute Gasteiger partial charge is 0.350 e. The van der Waals surface area contributed by atoms with Gasteiger partial charge in [-0.25, -0.2) is 12.7 Å². The number of carbonyl (C=O) groups is 2. The number of rotatable bonds is 8. The molecule has 162 valence electrons. The van der Waals surface area contributed by atoms with Gasteiger partial charge >= 0.3 is 0 Å². The molecule has 2 rings (SSSR count). The van der Waals surface area contributed by atoms with Crippen LogP contribution in [0.25, 0.3) is 0 Å². The van der Waals surface area contributed by atoms with Crippen LogP contribution < -0.4 is 10.6 Å². The molecule has 1 saturated carbocycles. The summed E-state index contributed by atoms with van der Waals surface area (Å²) in [5.41, 5.74) is 0.510. The van der Waals surface area contributed by atoms with Crippen LogP contribution in [0.1, 0.15) is 51.5 Å². The van der Waals surface area contributed by atoms with Gasteiger partial charge in [-0.3, -0.25) is 9.59 Å². The first-order valence-corrected chi connectivity index (χ1v) is 11.7. The highest BCUT2D eigenvalue weighted by atomic mass is 32.2. The van der Waals surface area contributed by atoms with Gasteiger partial charge < -0.3 is 10.6 Å². The summed E-state index contributed by atoms with van der Waals surface area (Å²) in [6.45, 7) is 3.84. The molecule has 0 radical (unpaired) electrons. The van der Waals surface area contributed by atoms with Gasteiger partial charge in [-0.1, -0.05) is 51.3 Å². The van der Waals surface area contributed by atoms with Crippen molar-refractivity contribution in [3.63, 3.8) is 0 Å². The summed E-state index contributed by atoms with van der Waals surface area (Å²) in [5, 5.41) is 5.71. The zero-order valence-corrected chi connectivity index (χ0v) is 18.6. The molecule has 0 saturated heterocycles. The van der Waals surface area contributed by atoms with E-state index in [1.165, 1.54) is 20.2 Å². The minimum Gasteiger partial charge on any atom is -0.350 e. The van der Waals surface area contributed by atoms with Gasteiger partial charge in [-0.2, -0.15) is 0 Å². The van der Waals surface area contributed by atoms with E-state index in [-0.39, 0.29) is 35.1 Å². The quantitative estimate of drug-likeness (QED) is 0.670. The van der Waals surface area contributed by atoms with Gasteiger partial charge in [0.2, 0.25) is 21.8 Å². The Kier molecular flexibility index (Phi) is 8.22. The van der Waals surface area contributed by atoms with E-state index in [9.17, 15) is 18.0 Å². The number of hydrogen-bond donors (Lipinski definition) is 2. The molecule has 0 heterocycles. The summed E-state index contributed by atoms with van der Waals surface area (Å²) in [4.78, 5) is 25.5. The highest BCUT2D eigenvalue weighted by molar-refractivity contribution is 7.89. The minimum absolute atomic E-state index is 0.0243. The lowest BCUT2D eigenvalue weighted by Gasteiger charge is -2.26. The third-order valence-corrected chi connectivity index (χ3v) is 7.32. The first kappa shape index (κ1) is 23.3. The second-order valence-corrected chi connectivity index (χ2v) is 10.3. The number of hydrogen-bond acceptors (Lipinski definition) is 4. The zero-order chi connectivity index (χ0) is 21.6. The van der Waals surface area contributed by atoms with E-state index in [1.54, 1.807) is 18.2 Å². The third-order valence-electron chi connectivity index (χ3n) is 5.41. The third kappa shape index (κ3) is 6.02. The average Bonchev–Trinajstić information content (AvgIpc) is 2.70. The van der Waals surface area contributed by atoms with Gasteiger partial charge in [0.1, 0.15) is 6.04 Å². The fourth-order valence-electron chi connectivity index (χ4n) is 3.56. The Bertz CT molecular complexity index is 815. The molecule has 2 amide bonds. The highest BCUT2D eigenvalue weighted by Gasteiger charge is 2.29. The number of nitrogens with one attached hydrogen (secondary N) is 2. The molecule has 7 nitrogen and oxygen atoms in total. The van der Waals surface area contributed by atoms with Crippen molar-refractivity contribution in [3.05, 3.63) is 29.8 Å². The van der Waals surface area contributed by atoms with Gasteiger partial charge in [0, 0.05) is 26.6 Å². The molecule has 0 bridgehead atoms. The molecule has 2 N–H and O–H groups in total. The summed E-state index contributed by atoms with van der Waals surface area (Å²) >= 11 is 0. The Morgan fingerprint density at radius 2 is 1.72 bits per heavy atom. The number of nitrogens with zero attached hydrogens (tertiary/aromatic N) is 1. The molecule has 8 heteroatoms. The molecular weight excluding hydrogens is 390 g/mol. The van der Waals surface area contributed by atoms with Crippen LogP contribution in [0.15, 0.2) is 29.2 Å². The minimum atomic E-state index is -3.61. The Hall–Kier alpha value is -1.93. The van der Waals surface area contributed by atoms with Crippen molar-refractivity contribution >= 4 is 21.8 Å². The van der Waals surface area contributed by atoms with E-state index in [1.807, 2.05) is 13.8 Å². The van der Waals surface area contributed by atoms with Crippen LogP contribution >= 0.6 is 0 Å². The lowest BCUT2D eigenvalue weighted by Crippen LogP contribution is -2.51. The summed E-state index contributed by atoms with van der Waals surface area (Å²) in [7, 11) is -0.668. The van der Waals surface area contributed by atoms with Crippen LogP contribution in [-0.2, 0) is 26.2 Å². The molecule has 1 fully saturated rings. The summed E-state index contributed by atoms with van der Waals surface area (Å²) in [6.07, 6.45) is 5.00. The van der Waals surface area contributed by atoms with Gasteiger partial charge in [0.05, 0.1) is 4.90 Å². The number of carbonyl (C=O) groups excluding carboxylic acids is 2. The maximum atomic E-state index is 12.8. The van der Waals surface area contributed by atoms with Crippen LogP contribution in [0, 0.1) is 11.8 Å². The molecule has 0 aromatic heterocycles. The van der Waals surface area contributed by atoms with Crippen molar-refractivity contribution in [2.45, 2.75) is 63.4 Å². The molecular formula is C21H33N3O4S. The average molecular weight is 424 g/mol. The first-order valence-electron chi connectivity index (χ1n) is 10.2. The Morgan fingerprint density at radius 3 is 2.31 bits per heavy atom. The monoisotopic (exact) mass is 423 g/mol. The van der Waals surface area contributed by atoms with Crippen LogP contribution in [-0.4, -0.2) is 44.7 Å². The first-order chi connectivity index (χ1) is 13.6. The lowest BCUT2D eigenvalue weighted by atomic mass is 9.88. The highest BCUT2D eigenvalue weighted by Crippen LogP contribution is 2.24. The molecule has 1 aliphatic rings. The second kappa shape index (κ2) is 10.2. The van der Waals surface area contributed by atoms with Crippen molar-refractivity contribution in [2.24, 2.45) is 11.8 Å². The fraction of sp³-hybridized carbons (Fsp3) is 0.619. The van der Waals surface area contributed by atoms with E-state index in [0.29, 0.717) is 5.56 Å². The van der Waals surface area contributed by atoms with Gasteiger partial charge in [-0.15, -0.1) is 0 Å². The zero-order valence-electron chi connectivity index (χ0n) is 17.8. The molecule has 1 aromatic rings. The molecule has 0 aliphatic heterocycles. The van der Waals surface area contributed by atoms with Gasteiger partial charge in [0.15, 0.2) is 0 Å². The second-order valence-electron chi connectivity index (χ2n) is 8.18. The number of benzene rings is 1. The van der Waals surface area contributed by atoms with E-state index in [0.717, 1.165) is 36.4 Å². The smallest absolute Gasteiger partial charge is 0.243 e. The maximum Gasteiger partial charge on any atom is 0.243 e. The summed E-state index contributed by atoms with van der Waals surface area (Å²) in [5.74, 6) is -0.470. The molecule has 1 aromatic carbocycles. The Balaban J connectivity index is 2.07. The van der Waals surface area contributed by atoms with Crippen molar-refractivity contribution in [1.82, 2.24) is 14.9 Å². The van der Waals surface area contributed by atoms with Crippen molar-refractivity contribution < 1.29 is 18.0 Å². The van der Waals surface area contributed by atoms with E-state index in [2.05, 4.69) is 10.6 Å². The normalized spacial score (nSPS) is 16.6. The standard InChI is InChI=1S/C21H33N3O4S/c1-15(2)19(23-20(25)16-10-6-5-7-11-16)21(26)22-14-17-12-8-9-13-18(17)29(27,28)24(3)4/h8-9,12-13,15-16,19H,5-7,10-11,14H2,1-4H3,(H,22,26)(H,23,25). The van der Waals surface area contributed by atoms with E-state index in [4.69, 9.17) is 0 Å². The Labute approximate surface area is 174 Å². The van der Waals surface area contributed by atoms with Crippen LogP contribution in [0.4, 0.5) is 0 Å². The van der Waals surface area contributed by atoms with E-state index < -0.39 is 16.1 Å². The number of amides is 2. The Morgan fingerprint density at radius 1 is 1.10 bits per heavy atom. The molecule has 0 spiro atoms. The van der Waals surface area contributed by atoms with Crippen molar-refractivity contribution in [3.8, 4) is 0 Å². The summed E-state index contributed by atoms with van der Waals surface area (Å²) < 4.78 is 26.2. The predicted octanol–water partition coefficient (Wildman–Crippen LogP) is 2.27. The predicted molar refractivity (Wildman–Crippen MR) is 113 cm³/mol. The maximum absolute atomic E-state index is 12.8. The van der Waals surface area contributed by atoms with Crippen LogP contribution in [0.2, 0.25) is 0 Å². The van der Waals surface area contributed by atoms with Gasteiger partial charge in [0.25, 0.3) is 0 Å². The molecule has 1 atom stereocenters. The van der Waals surface area contributed by atoms with Crippen LogP contribution in [0.5, 0.6) is 0 Å². The van der Waals surface area contributed by atoms with Crippen molar-refractivity contribution in [1.29, 1.82) is 0 Å². The molecule has 29 heavy (non-hydrogen) atoms. The van der Waals surface area contributed by atoms with E-state index >= 15 is 0 Å². The lowest BCUT2D eigenvalue weighted by molar-refractivity contribution is -0.132. The number of sulfonamides is 1. The van der Waals surface area contributed by atoms with Crippen molar-refractivity contribution in [2.75, 3.05) is 14.1 Å². The van der Waals surface area contributed by atoms with Crippen LogP contribution in [0.3, 0.4) is 0 Å². The topological polar surface area (TPSA) is 95.6 Å². The SMILES string of the molecule is CC(C)C(NC(=O)C1CCCCC1)C(=O)NCc1ccccc1S(=O)(=O)N(C)C. The van der Waals surface area contributed by atoms with Gasteiger partial charge in [-0.05, 0) is 30.4 Å². The molecule has 1 aliphatic carbocycles. The fourth-order valence-corrected chi connectivity index (χ4v) is 4.68. The molecule has 1 unspecified atom stereocenters.